The molecule has 5 heteroatoms. The molecule has 1 N–H and O–H groups in total. The molecule has 0 saturated carbocycles. The van der Waals surface area contributed by atoms with Crippen LogP contribution in [0.1, 0.15) is 26.3 Å². The first-order chi connectivity index (χ1) is 8.73. The fourth-order valence-corrected chi connectivity index (χ4v) is 1.71. The second kappa shape index (κ2) is 5.91. The fraction of sp³-hybridized carbons (Fsp3) is 0.500. The zero-order valence-electron chi connectivity index (χ0n) is 11.7. The molecule has 19 heavy (non-hydrogen) atoms. The lowest BCUT2D eigenvalue weighted by Crippen LogP contribution is -2.46. The van der Waals surface area contributed by atoms with Crippen molar-refractivity contribution in [1.82, 2.24) is 4.90 Å². The van der Waals surface area contributed by atoms with Crippen molar-refractivity contribution in [2.24, 2.45) is 0 Å². The topological polar surface area (TPSA) is 49.8 Å². The van der Waals surface area contributed by atoms with Gasteiger partial charge in [0.15, 0.2) is 0 Å². The first-order valence-electron chi connectivity index (χ1n) is 6.12. The Morgan fingerprint density at radius 3 is 2.58 bits per heavy atom. The summed E-state index contributed by atoms with van der Waals surface area (Å²) in [5, 5.41) is 9.12. The van der Waals surface area contributed by atoms with Crippen LogP contribution in [0.25, 0.3) is 0 Å². The van der Waals surface area contributed by atoms with Crippen LogP contribution in [0.4, 0.5) is 9.18 Å². The maximum Gasteiger partial charge on any atom is 0.407 e. The number of amides is 1. The van der Waals surface area contributed by atoms with Crippen molar-refractivity contribution >= 4 is 6.09 Å². The highest BCUT2D eigenvalue weighted by Gasteiger charge is 2.25. The van der Waals surface area contributed by atoms with Gasteiger partial charge in [-0.15, -0.1) is 0 Å². The Balaban J connectivity index is 2.63. The minimum absolute atomic E-state index is 0.188. The molecule has 106 valence electrons. The number of hydrogen-bond acceptors (Lipinski definition) is 2. The van der Waals surface area contributed by atoms with Gasteiger partial charge < -0.3 is 14.7 Å². The van der Waals surface area contributed by atoms with E-state index in [4.69, 9.17) is 9.84 Å². The number of rotatable bonds is 4. The molecule has 0 radical (unpaired) electrons. The highest BCUT2D eigenvalue weighted by atomic mass is 19.1. The molecule has 1 rings (SSSR count). The van der Waals surface area contributed by atoms with Crippen molar-refractivity contribution in [2.45, 2.75) is 33.2 Å². The molecule has 0 aliphatic heterocycles. The van der Waals surface area contributed by atoms with Crippen LogP contribution in [-0.4, -0.2) is 34.8 Å². The quantitative estimate of drug-likeness (QED) is 0.912. The average Bonchev–Trinajstić information content (AvgIpc) is 2.27. The minimum atomic E-state index is -0.993. The minimum Gasteiger partial charge on any atom is -0.491 e. The van der Waals surface area contributed by atoms with Crippen LogP contribution in [0.3, 0.4) is 0 Å². The number of nitrogens with zero attached hydrogens (tertiary/aromatic N) is 1. The van der Waals surface area contributed by atoms with E-state index in [2.05, 4.69) is 0 Å². The van der Waals surface area contributed by atoms with E-state index in [1.165, 1.54) is 11.0 Å². The van der Waals surface area contributed by atoms with E-state index in [9.17, 15) is 9.18 Å². The smallest absolute Gasteiger partial charge is 0.407 e. The van der Waals surface area contributed by atoms with Gasteiger partial charge in [0.25, 0.3) is 0 Å². The summed E-state index contributed by atoms with van der Waals surface area (Å²) in [6.07, 6.45) is -0.993. The lowest BCUT2D eigenvalue weighted by molar-refractivity contribution is 0.0891. The van der Waals surface area contributed by atoms with Crippen molar-refractivity contribution in [2.75, 3.05) is 13.2 Å². The van der Waals surface area contributed by atoms with Gasteiger partial charge in [0.2, 0.25) is 0 Å². The molecule has 1 aromatic carbocycles. The van der Waals surface area contributed by atoms with Gasteiger partial charge in [0, 0.05) is 11.1 Å². The molecule has 0 heterocycles. The third-order valence-electron chi connectivity index (χ3n) is 2.83. The average molecular weight is 269 g/mol. The molecule has 0 bridgehead atoms. The van der Waals surface area contributed by atoms with Gasteiger partial charge in [-0.3, -0.25) is 0 Å². The van der Waals surface area contributed by atoms with Crippen molar-refractivity contribution in [3.05, 3.63) is 29.6 Å². The Hall–Kier alpha value is -1.78. The van der Waals surface area contributed by atoms with Gasteiger partial charge in [-0.2, -0.15) is 0 Å². The summed E-state index contributed by atoms with van der Waals surface area (Å²) in [5.41, 5.74) is -0.0632. The molecule has 1 amide bonds. The summed E-state index contributed by atoms with van der Waals surface area (Å²) in [4.78, 5) is 12.4. The van der Waals surface area contributed by atoms with E-state index in [0.717, 1.165) is 0 Å². The maximum atomic E-state index is 13.3. The van der Waals surface area contributed by atoms with Crippen molar-refractivity contribution in [1.29, 1.82) is 0 Å². The standard InChI is InChI=1S/C14H20FNO3/c1-10-11(15)6-5-7-12(10)19-9-8-16(13(17)18)14(2,3)4/h5-7H,8-9H2,1-4H3,(H,17,18). The lowest BCUT2D eigenvalue weighted by Gasteiger charge is -2.33. The van der Waals surface area contributed by atoms with E-state index in [1.807, 2.05) is 20.8 Å². The Bertz CT molecular complexity index is 454. The Kier molecular flexibility index (Phi) is 4.75. The molecule has 0 aliphatic carbocycles. The second-order valence-corrected chi connectivity index (χ2v) is 5.32. The van der Waals surface area contributed by atoms with E-state index in [-0.39, 0.29) is 19.0 Å². The zero-order valence-corrected chi connectivity index (χ0v) is 11.7. The van der Waals surface area contributed by atoms with E-state index >= 15 is 0 Å². The van der Waals surface area contributed by atoms with Crippen LogP contribution in [0.15, 0.2) is 18.2 Å². The Labute approximate surface area is 112 Å². The molecule has 0 saturated heterocycles. The zero-order chi connectivity index (χ0) is 14.6. The molecular formula is C14H20FNO3. The summed E-state index contributed by atoms with van der Waals surface area (Å²) < 4.78 is 18.7. The predicted molar refractivity (Wildman–Crippen MR) is 71.1 cm³/mol. The first kappa shape index (κ1) is 15.3. The normalized spacial score (nSPS) is 11.2. The van der Waals surface area contributed by atoms with Crippen molar-refractivity contribution < 1.29 is 19.0 Å². The summed E-state index contributed by atoms with van der Waals surface area (Å²) in [6.45, 7) is 7.49. The first-order valence-corrected chi connectivity index (χ1v) is 6.12. The highest BCUT2D eigenvalue weighted by Crippen LogP contribution is 2.20. The van der Waals surface area contributed by atoms with Gasteiger partial charge in [0.05, 0.1) is 6.54 Å². The number of carboxylic acid groups (broad SMARTS) is 1. The number of hydrogen-bond donors (Lipinski definition) is 1. The molecule has 0 atom stereocenters. The maximum absolute atomic E-state index is 13.3. The molecular weight excluding hydrogens is 249 g/mol. The number of benzene rings is 1. The van der Waals surface area contributed by atoms with Crippen LogP contribution in [-0.2, 0) is 0 Å². The van der Waals surface area contributed by atoms with Gasteiger partial charge >= 0.3 is 6.09 Å². The van der Waals surface area contributed by atoms with E-state index < -0.39 is 11.6 Å². The Morgan fingerprint density at radius 2 is 2.05 bits per heavy atom. The third kappa shape index (κ3) is 4.12. The van der Waals surface area contributed by atoms with Crippen LogP contribution >= 0.6 is 0 Å². The monoisotopic (exact) mass is 269 g/mol. The van der Waals surface area contributed by atoms with Crippen LogP contribution < -0.4 is 4.74 Å². The molecule has 0 aliphatic rings. The third-order valence-corrected chi connectivity index (χ3v) is 2.83. The summed E-state index contributed by atoms with van der Waals surface area (Å²) in [5.74, 6) is 0.114. The second-order valence-electron chi connectivity index (χ2n) is 5.32. The number of carbonyl (C=O) groups is 1. The molecule has 0 aromatic heterocycles. The van der Waals surface area contributed by atoms with E-state index in [1.54, 1.807) is 19.1 Å². The summed E-state index contributed by atoms with van der Waals surface area (Å²) in [6, 6.07) is 4.60. The molecule has 0 spiro atoms. The van der Waals surface area contributed by atoms with Crippen LogP contribution in [0.2, 0.25) is 0 Å². The van der Waals surface area contributed by atoms with Crippen molar-refractivity contribution in [3.8, 4) is 5.75 Å². The summed E-state index contributed by atoms with van der Waals surface area (Å²) in [7, 11) is 0. The van der Waals surface area contributed by atoms with Crippen LogP contribution in [0.5, 0.6) is 5.75 Å². The van der Waals surface area contributed by atoms with Gasteiger partial charge in [-0.25, -0.2) is 9.18 Å². The van der Waals surface area contributed by atoms with Gasteiger partial charge in [-0.05, 0) is 39.8 Å². The lowest BCUT2D eigenvalue weighted by atomic mass is 10.1. The number of ether oxygens (including phenoxy) is 1. The Morgan fingerprint density at radius 1 is 1.42 bits per heavy atom. The van der Waals surface area contributed by atoms with E-state index in [0.29, 0.717) is 11.3 Å². The predicted octanol–water partition coefficient (Wildman–Crippen LogP) is 3.29. The van der Waals surface area contributed by atoms with Crippen molar-refractivity contribution in [3.63, 3.8) is 0 Å². The molecule has 4 nitrogen and oxygen atoms in total. The molecule has 0 fully saturated rings. The van der Waals surface area contributed by atoms with Crippen LogP contribution in [0, 0.1) is 12.7 Å². The number of halogens is 1. The van der Waals surface area contributed by atoms with Gasteiger partial charge in [0.1, 0.15) is 18.2 Å². The largest absolute Gasteiger partial charge is 0.491 e. The molecule has 1 aromatic rings. The fourth-order valence-electron chi connectivity index (χ4n) is 1.71. The summed E-state index contributed by atoms with van der Waals surface area (Å²) >= 11 is 0. The highest BCUT2D eigenvalue weighted by molar-refractivity contribution is 5.65. The molecule has 0 unspecified atom stereocenters. The SMILES string of the molecule is Cc1c(F)cccc1OCCN(C(=O)O)C(C)(C)C. The van der Waals surface area contributed by atoms with Gasteiger partial charge in [-0.1, -0.05) is 6.07 Å².